The smallest absolute Gasteiger partial charge is 0.308 e. The predicted molar refractivity (Wildman–Crippen MR) is 115 cm³/mol. The predicted octanol–water partition coefficient (Wildman–Crippen LogP) is 5.21. The standard InChI is InChI=1S/C22H21N3O2S/c1-14-10-15(2)12-18(11-14)24-22(27)23-17-6-5-16-7-8-25(19(16)13-17)21(26)20-4-3-9-28-20/h3-6,9-13H,7-8H2,1-2H3,(H2,23,24,27). The molecular weight excluding hydrogens is 370 g/mol. The molecule has 0 bridgehead atoms. The van der Waals surface area contributed by atoms with E-state index in [1.54, 1.807) is 4.90 Å². The Bertz CT molecular complexity index is 1020. The van der Waals surface area contributed by atoms with E-state index in [-0.39, 0.29) is 11.9 Å². The average molecular weight is 391 g/mol. The van der Waals surface area contributed by atoms with Gasteiger partial charge in [-0.15, -0.1) is 11.3 Å². The lowest BCUT2D eigenvalue weighted by Gasteiger charge is -2.17. The first-order valence-electron chi connectivity index (χ1n) is 9.14. The summed E-state index contributed by atoms with van der Waals surface area (Å²) in [6.07, 6.45) is 0.821. The van der Waals surface area contributed by atoms with Gasteiger partial charge in [-0.25, -0.2) is 4.79 Å². The fraction of sp³-hybridized carbons (Fsp3) is 0.182. The van der Waals surface area contributed by atoms with Crippen molar-refractivity contribution in [2.75, 3.05) is 22.1 Å². The molecular formula is C22H21N3O2S. The van der Waals surface area contributed by atoms with Crippen molar-refractivity contribution in [1.29, 1.82) is 0 Å². The minimum absolute atomic E-state index is 0.00517. The Balaban J connectivity index is 1.50. The number of hydrogen-bond donors (Lipinski definition) is 2. The van der Waals surface area contributed by atoms with Gasteiger partial charge in [-0.2, -0.15) is 0 Å². The monoisotopic (exact) mass is 391 g/mol. The lowest BCUT2D eigenvalue weighted by Crippen LogP contribution is -2.28. The summed E-state index contributed by atoms with van der Waals surface area (Å²) in [7, 11) is 0. The van der Waals surface area contributed by atoms with Crippen LogP contribution in [0.3, 0.4) is 0 Å². The van der Waals surface area contributed by atoms with E-state index in [1.807, 2.05) is 61.7 Å². The highest BCUT2D eigenvalue weighted by Gasteiger charge is 2.26. The van der Waals surface area contributed by atoms with Crippen molar-refractivity contribution in [2.24, 2.45) is 0 Å². The van der Waals surface area contributed by atoms with Crippen LogP contribution < -0.4 is 15.5 Å². The van der Waals surface area contributed by atoms with E-state index >= 15 is 0 Å². The number of carbonyl (C=O) groups is 2. The molecule has 2 aromatic carbocycles. The number of nitrogens with zero attached hydrogens (tertiary/aromatic N) is 1. The first kappa shape index (κ1) is 18.3. The molecule has 1 aliphatic rings. The molecule has 3 amide bonds. The van der Waals surface area contributed by atoms with Crippen molar-refractivity contribution in [3.8, 4) is 0 Å². The van der Waals surface area contributed by atoms with E-state index in [1.165, 1.54) is 11.3 Å². The van der Waals surface area contributed by atoms with Crippen molar-refractivity contribution in [3.05, 3.63) is 75.5 Å². The van der Waals surface area contributed by atoms with Gasteiger partial charge in [0, 0.05) is 23.6 Å². The van der Waals surface area contributed by atoms with Crippen LogP contribution >= 0.6 is 11.3 Å². The summed E-state index contributed by atoms with van der Waals surface area (Å²) in [6, 6.07) is 15.0. The molecule has 1 aromatic heterocycles. The van der Waals surface area contributed by atoms with E-state index < -0.39 is 0 Å². The van der Waals surface area contributed by atoms with Crippen LogP contribution in [0.2, 0.25) is 0 Å². The number of nitrogens with one attached hydrogen (secondary N) is 2. The van der Waals surface area contributed by atoms with Crippen LogP contribution in [0.15, 0.2) is 53.9 Å². The van der Waals surface area contributed by atoms with Crippen molar-refractivity contribution < 1.29 is 9.59 Å². The third-order valence-electron chi connectivity index (χ3n) is 4.70. The normalized spacial score (nSPS) is 12.6. The van der Waals surface area contributed by atoms with Crippen molar-refractivity contribution in [1.82, 2.24) is 0 Å². The van der Waals surface area contributed by atoms with Crippen LogP contribution in [0, 0.1) is 13.8 Å². The first-order valence-corrected chi connectivity index (χ1v) is 10.0. The molecule has 0 saturated heterocycles. The molecule has 5 nitrogen and oxygen atoms in total. The highest BCUT2D eigenvalue weighted by Crippen LogP contribution is 2.32. The van der Waals surface area contributed by atoms with Crippen LogP contribution in [0.1, 0.15) is 26.4 Å². The van der Waals surface area contributed by atoms with Crippen LogP contribution in [0.25, 0.3) is 0 Å². The molecule has 0 atom stereocenters. The Kier molecular flexibility index (Phi) is 4.88. The van der Waals surface area contributed by atoms with Crippen LogP contribution in [-0.2, 0) is 6.42 Å². The molecule has 4 rings (SSSR count). The summed E-state index contributed by atoms with van der Waals surface area (Å²) in [5.41, 5.74) is 5.58. The quantitative estimate of drug-likeness (QED) is 0.644. The van der Waals surface area contributed by atoms with Gasteiger partial charge in [0.2, 0.25) is 0 Å². The van der Waals surface area contributed by atoms with Gasteiger partial charge in [0.1, 0.15) is 0 Å². The number of benzene rings is 2. The van der Waals surface area contributed by atoms with Crippen LogP contribution in [0.4, 0.5) is 21.9 Å². The largest absolute Gasteiger partial charge is 0.323 e. The molecule has 2 heterocycles. The summed E-state index contributed by atoms with van der Waals surface area (Å²) >= 11 is 1.44. The number of hydrogen-bond acceptors (Lipinski definition) is 3. The fourth-order valence-electron chi connectivity index (χ4n) is 3.54. The first-order chi connectivity index (χ1) is 13.5. The Labute approximate surface area is 168 Å². The zero-order valence-corrected chi connectivity index (χ0v) is 16.6. The summed E-state index contributed by atoms with van der Waals surface area (Å²) in [5, 5.41) is 7.64. The van der Waals surface area contributed by atoms with Crippen molar-refractivity contribution in [2.45, 2.75) is 20.3 Å². The molecule has 0 saturated carbocycles. The minimum Gasteiger partial charge on any atom is -0.308 e. The van der Waals surface area contributed by atoms with Gasteiger partial charge in [0.05, 0.1) is 4.88 Å². The maximum atomic E-state index is 12.7. The van der Waals surface area contributed by atoms with E-state index in [2.05, 4.69) is 16.7 Å². The third-order valence-corrected chi connectivity index (χ3v) is 5.55. The van der Waals surface area contributed by atoms with Gasteiger partial charge in [0.25, 0.3) is 5.91 Å². The number of carbonyl (C=O) groups excluding carboxylic acids is 2. The number of urea groups is 1. The highest BCUT2D eigenvalue weighted by molar-refractivity contribution is 7.12. The third kappa shape index (κ3) is 3.77. The Hall–Kier alpha value is -3.12. The molecule has 3 aromatic rings. The molecule has 6 heteroatoms. The van der Waals surface area contributed by atoms with Gasteiger partial charge in [-0.1, -0.05) is 18.2 Å². The Morgan fingerprint density at radius 1 is 0.964 bits per heavy atom. The lowest BCUT2D eigenvalue weighted by atomic mass is 10.1. The molecule has 0 radical (unpaired) electrons. The number of anilines is 3. The number of thiophene rings is 1. The second-order valence-corrected chi connectivity index (χ2v) is 7.93. The van der Waals surface area contributed by atoms with Gasteiger partial charge in [-0.05, 0) is 72.7 Å². The van der Waals surface area contributed by atoms with Gasteiger partial charge in [0.15, 0.2) is 0 Å². The van der Waals surface area contributed by atoms with Gasteiger partial charge >= 0.3 is 6.03 Å². The molecule has 2 N–H and O–H groups in total. The fourth-order valence-corrected chi connectivity index (χ4v) is 4.21. The highest BCUT2D eigenvalue weighted by atomic mass is 32.1. The van der Waals surface area contributed by atoms with Crippen LogP contribution in [-0.4, -0.2) is 18.5 Å². The zero-order chi connectivity index (χ0) is 19.7. The molecule has 142 valence electrons. The molecule has 0 fully saturated rings. The molecule has 28 heavy (non-hydrogen) atoms. The zero-order valence-electron chi connectivity index (χ0n) is 15.8. The number of rotatable bonds is 3. The maximum absolute atomic E-state index is 12.7. The molecule has 1 aliphatic heterocycles. The van der Waals surface area contributed by atoms with Crippen molar-refractivity contribution in [3.63, 3.8) is 0 Å². The summed E-state index contributed by atoms with van der Waals surface area (Å²) in [4.78, 5) is 27.7. The summed E-state index contributed by atoms with van der Waals surface area (Å²) < 4.78 is 0. The minimum atomic E-state index is -0.306. The number of aryl methyl sites for hydroxylation is 2. The molecule has 0 spiro atoms. The Morgan fingerprint density at radius 3 is 2.43 bits per heavy atom. The number of amides is 3. The Morgan fingerprint density at radius 2 is 1.71 bits per heavy atom. The number of fused-ring (bicyclic) bond motifs is 1. The second-order valence-electron chi connectivity index (χ2n) is 6.98. The van der Waals surface area contributed by atoms with E-state index in [0.717, 1.165) is 39.4 Å². The molecule has 0 unspecified atom stereocenters. The van der Waals surface area contributed by atoms with Crippen molar-refractivity contribution >= 4 is 40.3 Å². The maximum Gasteiger partial charge on any atom is 0.323 e. The second kappa shape index (κ2) is 7.48. The summed E-state index contributed by atoms with van der Waals surface area (Å²) in [6.45, 7) is 4.65. The average Bonchev–Trinajstić information content (AvgIpc) is 3.30. The topological polar surface area (TPSA) is 61.4 Å². The van der Waals surface area contributed by atoms with E-state index in [9.17, 15) is 9.59 Å². The SMILES string of the molecule is Cc1cc(C)cc(NC(=O)Nc2ccc3c(c2)N(C(=O)c2cccs2)CC3)c1. The van der Waals surface area contributed by atoms with Crippen LogP contribution in [0.5, 0.6) is 0 Å². The van der Waals surface area contributed by atoms with Gasteiger partial charge < -0.3 is 15.5 Å². The van der Waals surface area contributed by atoms with E-state index in [4.69, 9.17) is 0 Å². The lowest BCUT2D eigenvalue weighted by molar-refractivity contribution is 0.0993. The molecule has 0 aliphatic carbocycles. The van der Waals surface area contributed by atoms with E-state index in [0.29, 0.717) is 12.2 Å². The summed E-state index contributed by atoms with van der Waals surface area (Å²) in [5.74, 6) is 0.00517. The van der Waals surface area contributed by atoms with Gasteiger partial charge in [-0.3, -0.25) is 4.79 Å².